The first-order valence-corrected chi connectivity index (χ1v) is 13.0. The van der Waals surface area contributed by atoms with Crippen LogP contribution < -0.4 is 20.8 Å². The van der Waals surface area contributed by atoms with Crippen LogP contribution in [0.5, 0.6) is 5.75 Å². The molecule has 1 aromatic heterocycles. The Balaban J connectivity index is 1.46. The van der Waals surface area contributed by atoms with Gasteiger partial charge in [-0.1, -0.05) is 67.9 Å². The number of aromatic nitrogens is 2. The summed E-state index contributed by atoms with van der Waals surface area (Å²) in [6.07, 6.45) is -3.20. The molecule has 0 saturated carbocycles. The van der Waals surface area contributed by atoms with Gasteiger partial charge < -0.3 is 15.8 Å². The summed E-state index contributed by atoms with van der Waals surface area (Å²) in [4.78, 5) is 12.6. The first kappa shape index (κ1) is 29.6. The van der Waals surface area contributed by atoms with E-state index in [1.54, 1.807) is 30.5 Å². The molecule has 1 amide bonds. The number of alkyl halides is 3. The van der Waals surface area contributed by atoms with E-state index < -0.39 is 18.0 Å². The molecule has 0 aliphatic carbocycles. The Morgan fingerprint density at radius 1 is 1.12 bits per heavy atom. The van der Waals surface area contributed by atoms with Crippen LogP contribution in [-0.2, 0) is 0 Å². The number of hydrazone groups is 1. The number of hydrogen-bond donors (Lipinski definition) is 3. The Kier molecular flexibility index (Phi) is 8.94. The minimum Gasteiger partial charge on any atom is -0.406 e. The molecule has 0 saturated heterocycles. The van der Waals surface area contributed by atoms with Crippen molar-refractivity contribution in [3.63, 3.8) is 0 Å². The van der Waals surface area contributed by atoms with Gasteiger partial charge in [0.2, 0.25) is 0 Å². The summed E-state index contributed by atoms with van der Waals surface area (Å²) < 4.78 is 40.9. The van der Waals surface area contributed by atoms with Gasteiger partial charge in [0.15, 0.2) is 5.11 Å². The second-order valence-electron chi connectivity index (χ2n) is 9.02. The number of ether oxygens (including phenoxy) is 1. The summed E-state index contributed by atoms with van der Waals surface area (Å²) in [6, 6.07) is 19.4. The molecule has 8 nitrogen and oxygen atoms in total. The Bertz CT molecular complexity index is 1570. The summed E-state index contributed by atoms with van der Waals surface area (Å²) in [5, 5.41) is 15.7. The Labute approximate surface area is 244 Å². The second kappa shape index (κ2) is 12.4. The van der Waals surface area contributed by atoms with Crippen molar-refractivity contribution in [1.29, 1.82) is 0 Å². The zero-order valence-corrected chi connectivity index (χ0v) is 23.3. The fourth-order valence-corrected chi connectivity index (χ4v) is 4.24. The van der Waals surface area contributed by atoms with Crippen molar-refractivity contribution in [2.75, 3.05) is 10.3 Å². The predicted octanol–water partition coefficient (Wildman–Crippen LogP) is 7.09. The third-order valence-electron chi connectivity index (χ3n) is 5.80. The number of hydrogen-bond acceptors (Lipinski definition) is 5. The number of carbonyl (C=O) groups excluding carboxylic acids is 1. The number of carbonyl (C=O) groups is 1. The maximum atomic E-state index is 12.6. The number of para-hydroxylation sites is 1. The molecule has 41 heavy (non-hydrogen) atoms. The zero-order valence-electron chi connectivity index (χ0n) is 21.7. The Morgan fingerprint density at radius 3 is 2.39 bits per heavy atom. The Morgan fingerprint density at radius 2 is 1.78 bits per heavy atom. The summed E-state index contributed by atoms with van der Waals surface area (Å²) in [5.74, 6) is -0.676. The van der Waals surface area contributed by atoms with Crippen molar-refractivity contribution in [2.45, 2.75) is 26.1 Å². The molecule has 4 rings (SSSR count). The molecule has 0 aliphatic heterocycles. The topological polar surface area (TPSA) is 109 Å². The van der Waals surface area contributed by atoms with Crippen molar-refractivity contribution < 1.29 is 22.7 Å². The van der Waals surface area contributed by atoms with E-state index in [4.69, 9.17) is 29.6 Å². The lowest BCUT2D eigenvalue weighted by Crippen LogP contribution is -2.31. The van der Waals surface area contributed by atoms with Crippen LogP contribution in [0.4, 0.5) is 24.7 Å². The van der Waals surface area contributed by atoms with Crippen molar-refractivity contribution in [1.82, 2.24) is 10.2 Å². The van der Waals surface area contributed by atoms with Crippen LogP contribution in [0.25, 0.3) is 11.3 Å². The number of nitrogens with two attached hydrogens (primary N) is 1. The number of anilines is 2. The molecule has 1 heterocycles. The highest BCUT2D eigenvalue weighted by molar-refractivity contribution is 7.80. The summed E-state index contributed by atoms with van der Waals surface area (Å²) >= 11 is 11.7. The molecule has 4 aromatic rings. The SMILES string of the molecule is CC(C)c1ccccc1N(/N=C/c1ccc(-c2n[nH]c(NC(=O)c3ccc(OC(F)(F)F)cc3)c2Cl)cc1)C(N)=S. The van der Waals surface area contributed by atoms with E-state index in [2.05, 4.69) is 39.2 Å². The number of nitrogens with one attached hydrogen (secondary N) is 2. The molecule has 0 aliphatic rings. The summed E-state index contributed by atoms with van der Waals surface area (Å²) in [5.41, 5.74) is 9.71. The molecule has 3 aromatic carbocycles. The first-order chi connectivity index (χ1) is 19.4. The van der Waals surface area contributed by atoms with Gasteiger partial charge in [0.05, 0.1) is 11.9 Å². The van der Waals surface area contributed by atoms with Gasteiger partial charge in [-0.25, -0.2) is 5.01 Å². The highest BCUT2D eigenvalue weighted by Gasteiger charge is 2.31. The van der Waals surface area contributed by atoms with Crippen LogP contribution in [0.2, 0.25) is 5.02 Å². The van der Waals surface area contributed by atoms with Crippen LogP contribution in [0.15, 0.2) is 77.9 Å². The summed E-state index contributed by atoms with van der Waals surface area (Å²) in [7, 11) is 0. The van der Waals surface area contributed by atoms with Gasteiger partial charge in [-0.15, -0.1) is 13.2 Å². The van der Waals surface area contributed by atoms with Crippen LogP contribution in [0.1, 0.15) is 41.3 Å². The smallest absolute Gasteiger partial charge is 0.406 e. The van der Waals surface area contributed by atoms with E-state index in [0.29, 0.717) is 11.3 Å². The van der Waals surface area contributed by atoms with Crippen LogP contribution >= 0.6 is 23.8 Å². The molecule has 0 atom stereocenters. The Hall–Kier alpha value is -4.42. The largest absolute Gasteiger partial charge is 0.573 e. The first-order valence-electron chi connectivity index (χ1n) is 12.2. The maximum absolute atomic E-state index is 12.6. The molecule has 0 spiro atoms. The number of rotatable bonds is 8. The van der Waals surface area contributed by atoms with Crippen LogP contribution in [0.3, 0.4) is 0 Å². The van der Waals surface area contributed by atoms with E-state index in [1.165, 1.54) is 17.1 Å². The van der Waals surface area contributed by atoms with E-state index in [1.807, 2.05) is 24.3 Å². The highest BCUT2D eigenvalue weighted by Crippen LogP contribution is 2.32. The van der Waals surface area contributed by atoms with E-state index in [9.17, 15) is 18.0 Å². The van der Waals surface area contributed by atoms with Gasteiger partial charge >= 0.3 is 6.36 Å². The number of nitrogens with zero attached hydrogens (tertiary/aromatic N) is 3. The molecular formula is C28H24ClF3N6O2S. The van der Waals surface area contributed by atoms with Gasteiger partial charge in [-0.3, -0.25) is 9.89 Å². The third-order valence-corrected chi connectivity index (χ3v) is 6.34. The lowest BCUT2D eigenvalue weighted by molar-refractivity contribution is -0.274. The quantitative estimate of drug-likeness (QED) is 0.113. The van der Waals surface area contributed by atoms with Gasteiger partial charge in [0.25, 0.3) is 5.91 Å². The number of amides is 1. The molecule has 0 radical (unpaired) electrons. The lowest BCUT2D eigenvalue weighted by Gasteiger charge is -2.21. The molecule has 0 unspecified atom stereocenters. The number of halogens is 4. The van der Waals surface area contributed by atoms with Crippen molar-refractivity contribution in [2.24, 2.45) is 10.8 Å². The second-order valence-corrected chi connectivity index (χ2v) is 9.81. The minimum absolute atomic E-state index is 0.0948. The monoisotopic (exact) mass is 600 g/mol. The number of aromatic amines is 1. The number of benzene rings is 3. The molecule has 0 bridgehead atoms. The van der Waals surface area contributed by atoms with E-state index >= 15 is 0 Å². The lowest BCUT2D eigenvalue weighted by atomic mass is 10.0. The number of H-pyrrole nitrogens is 1. The molecule has 13 heteroatoms. The fourth-order valence-electron chi connectivity index (χ4n) is 3.85. The van der Waals surface area contributed by atoms with Gasteiger partial charge in [-0.2, -0.15) is 10.2 Å². The minimum atomic E-state index is -4.83. The normalized spacial score (nSPS) is 11.6. The van der Waals surface area contributed by atoms with Crippen molar-refractivity contribution >= 4 is 52.6 Å². The maximum Gasteiger partial charge on any atom is 0.573 e. The van der Waals surface area contributed by atoms with Crippen LogP contribution in [0, 0.1) is 0 Å². The number of thiocarbonyl (C=S) groups is 1. The third kappa shape index (κ3) is 7.41. The molecule has 0 fully saturated rings. The summed E-state index contributed by atoms with van der Waals surface area (Å²) in [6.45, 7) is 4.15. The van der Waals surface area contributed by atoms with Crippen molar-refractivity contribution in [3.05, 3.63) is 94.5 Å². The van der Waals surface area contributed by atoms with E-state index in [0.717, 1.165) is 28.9 Å². The zero-order chi connectivity index (χ0) is 29.7. The molecule has 4 N–H and O–H groups in total. The average molecular weight is 601 g/mol. The average Bonchev–Trinajstić information content (AvgIpc) is 3.28. The fraction of sp³-hybridized carbons (Fsp3) is 0.143. The van der Waals surface area contributed by atoms with Gasteiger partial charge in [0, 0.05) is 11.1 Å². The highest BCUT2D eigenvalue weighted by atomic mass is 35.5. The van der Waals surface area contributed by atoms with Crippen LogP contribution in [-0.4, -0.2) is 33.8 Å². The van der Waals surface area contributed by atoms with E-state index in [-0.39, 0.29) is 27.4 Å². The van der Waals surface area contributed by atoms with Crippen molar-refractivity contribution in [3.8, 4) is 17.0 Å². The standard InChI is InChI=1S/C28H24ClF3N6O2S/c1-16(2)21-5-3-4-6-22(21)38(27(33)41)34-15-17-7-9-18(10-8-17)24-23(29)25(37-36-24)35-26(39)19-11-13-20(14-12-19)40-28(30,31)32/h3-16H,1-2H3,(H2,33,41)(H2,35,36,37,39)/b34-15+. The predicted molar refractivity (Wildman–Crippen MR) is 158 cm³/mol. The molecule has 212 valence electrons. The molecular weight excluding hydrogens is 577 g/mol. The van der Waals surface area contributed by atoms with Gasteiger partial charge in [0.1, 0.15) is 22.3 Å². The van der Waals surface area contributed by atoms with Gasteiger partial charge in [-0.05, 0) is 59.6 Å².